The SMILES string of the molecule is CCC(C)Nc1cc(Nc2ccc(OC)cc2OC)nc(C)n1. The number of aryl methyl sites for hydroxylation is 1. The van der Waals surface area contributed by atoms with Crippen LogP contribution in [0.4, 0.5) is 17.3 Å². The van der Waals surface area contributed by atoms with Crippen LogP contribution in [0.15, 0.2) is 24.3 Å². The maximum Gasteiger partial charge on any atom is 0.146 e. The van der Waals surface area contributed by atoms with Crippen LogP contribution in [0.2, 0.25) is 0 Å². The first-order valence-corrected chi connectivity index (χ1v) is 7.67. The van der Waals surface area contributed by atoms with Crippen molar-refractivity contribution in [2.24, 2.45) is 0 Å². The lowest BCUT2D eigenvalue weighted by atomic mass is 10.2. The molecule has 0 fully saturated rings. The molecule has 0 bridgehead atoms. The molecule has 1 heterocycles. The van der Waals surface area contributed by atoms with Crippen LogP contribution < -0.4 is 20.1 Å². The molecule has 1 atom stereocenters. The fourth-order valence-corrected chi connectivity index (χ4v) is 2.10. The Kier molecular flexibility index (Phi) is 5.62. The van der Waals surface area contributed by atoms with Gasteiger partial charge in [-0.15, -0.1) is 0 Å². The van der Waals surface area contributed by atoms with Crippen molar-refractivity contribution in [1.82, 2.24) is 9.97 Å². The summed E-state index contributed by atoms with van der Waals surface area (Å²) in [5, 5.41) is 6.64. The monoisotopic (exact) mass is 316 g/mol. The van der Waals surface area contributed by atoms with Crippen molar-refractivity contribution in [2.45, 2.75) is 33.2 Å². The molecule has 1 aromatic carbocycles. The van der Waals surface area contributed by atoms with E-state index in [1.54, 1.807) is 14.2 Å². The van der Waals surface area contributed by atoms with Gasteiger partial charge in [-0.2, -0.15) is 0 Å². The average molecular weight is 316 g/mol. The number of benzene rings is 1. The van der Waals surface area contributed by atoms with Crippen LogP contribution in [0.25, 0.3) is 0 Å². The summed E-state index contributed by atoms with van der Waals surface area (Å²) in [6, 6.07) is 7.85. The van der Waals surface area contributed by atoms with E-state index in [1.807, 2.05) is 31.2 Å². The lowest BCUT2D eigenvalue weighted by molar-refractivity contribution is 0.395. The number of ether oxygens (including phenoxy) is 2. The Morgan fingerprint density at radius 2 is 1.83 bits per heavy atom. The summed E-state index contributed by atoms with van der Waals surface area (Å²) in [7, 11) is 3.25. The van der Waals surface area contributed by atoms with Gasteiger partial charge in [0.05, 0.1) is 19.9 Å². The molecule has 0 saturated heterocycles. The van der Waals surface area contributed by atoms with E-state index in [9.17, 15) is 0 Å². The Labute approximate surface area is 137 Å². The second-order valence-electron chi connectivity index (χ2n) is 5.33. The van der Waals surface area contributed by atoms with Gasteiger partial charge in [0.2, 0.25) is 0 Å². The molecule has 1 unspecified atom stereocenters. The number of aromatic nitrogens is 2. The normalized spacial score (nSPS) is 11.7. The number of hydrogen-bond acceptors (Lipinski definition) is 6. The quantitative estimate of drug-likeness (QED) is 0.810. The minimum atomic E-state index is 0.354. The third kappa shape index (κ3) is 4.48. The molecule has 23 heavy (non-hydrogen) atoms. The fourth-order valence-electron chi connectivity index (χ4n) is 2.10. The van der Waals surface area contributed by atoms with E-state index >= 15 is 0 Å². The molecule has 6 nitrogen and oxygen atoms in total. The van der Waals surface area contributed by atoms with Crippen molar-refractivity contribution in [3.05, 3.63) is 30.1 Å². The molecule has 0 radical (unpaired) electrons. The summed E-state index contributed by atoms with van der Waals surface area (Å²) in [6.07, 6.45) is 1.03. The first-order chi connectivity index (χ1) is 11.0. The van der Waals surface area contributed by atoms with E-state index in [-0.39, 0.29) is 0 Å². The number of rotatable bonds is 7. The molecular formula is C17H24N4O2. The maximum atomic E-state index is 5.40. The van der Waals surface area contributed by atoms with E-state index in [1.165, 1.54) is 0 Å². The number of anilines is 3. The summed E-state index contributed by atoms with van der Waals surface area (Å²) in [5.74, 6) is 3.66. The van der Waals surface area contributed by atoms with Crippen LogP contribution >= 0.6 is 0 Å². The molecule has 124 valence electrons. The minimum Gasteiger partial charge on any atom is -0.497 e. The van der Waals surface area contributed by atoms with Gasteiger partial charge in [0.25, 0.3) is 0 Å². The summed E-state index contributed by atoms with van der Waals surface area (Å²) >= 11 is 0. The van der Waals surface area contributed by atoms with Crippen LogP contribution in [-0.4, -0.2) is 30.2 Å². The lowest BCUT2D eigenvalue weighted by Crippen LogP contribution is -2.15. The van der Waals surface area contributed by atoms with Crippen LogP contribution in [-0.2, 0) is 0 Å². The van der Waals surface area contributed by atoms with Crippen LogP contribution in [0.3, 0.4) is 0 Å². The van der Waals surface area contributed by atoms with Crippen molar-refractivity contribution in [1.29, 1.82) is 0 Å². The third-order valence-electron chi connectivity index (χ3n) is 3.52. The van der Waals surface area contributed by atoms with Crippen LogP contribution in [0.1, 0.15) is 26.1 Å². The molecule has 0 aliphatic heterocycles. The van der Waals surface area contributed by atoms with Crippen LogP contribution in [0, 0.1) is 6.92 Å². The van der Waals surface area contributed by atoms with Gasteiger partial charge >= 0.3 is 0 Å². The van der Waals surface area contributed by atoms with Gasteiger partial charge in [0.15, 0.2) is 0 Å². The lowest BCUT2D eigenvalue weighted by Gasteiger charge is -2.15. The minimum absolute atomic E-state index is 0.354. The third-order valence-corrected chi connectivity index (χ3v) is 3.52. The van der Waals surface area contributed by atoms with E-state index in [2.05, 4.69) is 34.4 Å². The summed E-state index contributed by atoms with van der Waals surface area (Å²) in [5.41, 5.74) is 0.820. The highest BCUT2D eigenvalue weighted by Gasteiger charge is 2.09. The molecule has 0 amide bonds. The van der Waals surface area contributed by atoms with E-state index in [0.717, 1.165) is 23.7 Å². The summed E-state index contributed by atoms with van der Waals surface area (Å²) < 4.78 is 10.6. The second kappa shape index (κ2) is 7.67. The highest BCUT2D eigenvalue weighted by Crippen LogP contribution is 2.31. The Hall–Kier alpha value is -2.50. The molecule has 2 rings (SSSR count). The predicted molar refractivity (Wildman–Crippen MR) is 93.0 cm³/mol. The van der Waals surface area contributed by atoms with E-state index < -0.39 is 0 Å². The number of hydrogen-bond donors (Lipinski definition) is 2. The first-order valence-electron chi connectivity index (χ1n) is 7.67. The zero-order chi connectivity index (χ0) is 16.8. The molecule has 0 saturated carbocycles. The average Bonchev–Trinajstić information content (AvgIpc) is 2.54. The van der Waals surface area contributed by atoms with Gasteiger partial charge in [0, 0.05) is 18.2 Å². The van der Waals surface area contributed by atoms with Crippen LogP contribution in [0.5, 0.6) is 11.5 Å². The molecular weight excluding hydrogens is 292 g/mol. The largest absolute Gasteiger partial charge is 0.497 e. The van der Waals surface area contributed by atoms with Gasteiger partial charge in [-0.25, -0.2) is 9.97 Å². The molecule has 2 N–H and O–H groups in total. The Morgan fingerprint density at radius 1 is 1.09 bits per heavy atom. The predicted octanol–water partition coefficient (Wildman–Crippen LogP) is 3.76. The van der Waals surface area contributed by atoms with E-state index in [4.69, 9.17) is 9.47 Å². The molecule has 2 aromatic rings. The maximum absolute atomic E-state index is 5.40. The zero-order valence-corrected chi connectivity index (χ0v) is 14.3. The van der Waals surface area contributed by atoms with Gasteiger partial charge in [-0.3, -0.25) is 0 Å². The molecule has 0 aliphatic carbocycles. The van der Waals surface area contributed by atoms with Gasteiger partial charge < -0.3 is 20.1 Å². The van der Waals surface area contributed by atoms with Crippen molar-refractivity contribution >= 4 is 17.3 Å². The Balaban J connectivity index is 2.26. The Morgan fingerprint density at radius 3 is 2.48 bits per heavy atom. The molecule has 1 aromatic heterocycles. The summed E-state index contributed by atoms with van der Waals surface area (Å²) in [4.78, 5) is 8.85. The first kappa shape index (κ1) is 16.9. The number of nitrogens with one attached hydrogen (secondary N) is 2. The highest BCUT2D eigenvalue weighted by molar-refractivity contribution is 5.67. The molecule has 0 spiro atoms. The molecule has 6 heteroatoms. The molecule has 0 aliphatic rings. The Bertz CT molecular complexity index is 661. The van der Waals surface area contributed by atoms with Crippen molar-refractivity contribution in [2.75, 3.05) is 24.9 Å². The second-order valence-corrected chi connectivity index (χ2v) is 5.33. The number of nitrogens with zero attached hydrogens (tertiary/aromatic N) is 2. The van der Waals surface area contributed by atoms with Crippen molar-refractivity contribution in [3.63, 3.8) is 0 Å². The van der Waals surface area contributed by atoms with Crippen molar-refractivity contribution in [3.8, 4) is 11.5 Å². The standard InChI is InChI=1S/C17H24N4O2/c1-6-11(2)18-16-10-17(20-12(3)19-16)21-14-8-7-13(22-4)9-15(14)23-5/h7-11H,6H2,1-5H3,(H2,18,19,20,21). The zero-order valence-electron chi connectivity index (χ0n) is 14.3. The topological polar surface area (TPSA) is 68.3 Å². The smallest absolute Gasteiger partial charge is 0.146 e. The summed E-state index contributed by atoms with van der Waals surface area (Å²) in [6.45, 7) is 6.13. The number of methoxy groups -OCH3 is 2. The van der Waals surface area contributed by atoms with E-state index in [0.29, 0.717) is 23.4 Å². The van der Waals surface area contributed by atoms with Crippen molar-refractivity contribution < 1.29 is 9.47 Å². The van der Waals surface area contributed by atoms with Gasteiger partial charge in [-0.1, -0.05) is 6.92 Å². The highest BCUT2D eigenvalue weighted by atomic mass is 16.5. The van der Waals surface area contributed by atoms with Gasteiger partial charge in [0.1, 0.15) is 29.0 Å². The fraction of sp³-hybridized carbons (Fsp3) is 0.412. The van der Waals surface area contributed by atoms with Gasteiger partial charge in [-0.05, 0) is 32.4 Å².